The van der Waals surface area contributed by atoms with Crippen LogP contribution in [0.1, 0.15) is 18.9 Å². The number of piperidine rings is 1. The van der Waals surface area contributed by atoms with E-state index in [1.165, 1.54) is 0 Å². The number of ether oxygens (including phenoxy) is 1. The number of benzene rings is 1. The SMILES string of the molecule is CC1CNCC(NC(=O)C2COc3ccccc3C2)C1. The molecule has 0 aromatic heterocycles. The molecule has 2 aliphatic rings. The summed E-state index contributed by atoms with van der Waals surface area (Å²) in [4.78, 5) is 12.4. The smallest absolute Gasteiger partial charge is 0.227 e. The molecule has 1 saturated heterocycles. The van der Waals surface area contributed by atoms with Gasteiger partial charge in [0, 0.05) is 12.6 Å². The summed E-state index contributed by atoms with van der Waals surface area (Å²) in [6.45, 7) is 4.62. The minimum atomic E-state index is -0.0675. The molecule has 1 amide bonds. The molecule has 3 rings (SSSR count). The molecule has 0 saturated carbocycles. The Morgan fingerprint density at radius 1 is 1.35 bits per heavy atom. The third-order valence-electron chi connectivity index (χ3n) is 4.17. The largest absolute Gasteiger partial charge is 0.492 e. The molecule has 3 unspecified atom stereocenters. The van der Waals surface area contributed by atoms with Gasteiger partial charge in [0.2, 0.25) is 5.91 Å². The number of amides is 1. The molecule has 2 heterocycles. The van der Waals surface area contributed by atoms with E-state index in [4.69, 9.17) is 4.74 Å². The lowest BCUT2D eigenvalue weighted by atomic mass is 9.94. The van der Waals surface area contributed by atoms with Crippen LogP contribution in [-0.4, -0.2) is 31.6 Å². The molecular formula is C16H22N2O2. The molecule has 20 heavy (non-hydrogen) atoms. The summed E-state index contributed by atoms with van der Waals surface area (Å²) >= 11 is 0. The molecule has 1 aromatic carbocycles. The number of hydrogen-bond acceptors (Lipinski definition) is 3. The van der Waals surface area contributed by atoms with Crippen molar-refractivity contribution < 1.29 is 9.53 Å². The first-order valence-corrected chi connectivity index (χ1v) is 7.44. The molecule has 1 aromatic rings. The summed E-state index contributed by atoms with van der Waals surface area (Å²) in [6.07, 6.45) is 1.83. The van der Waals surface area contributed by atoms with Gasteiger partial charge in [-0.3, -0.25) is 4.79 Å². The average Bonchev–Trinajstić information content (AvgIpc) is 2.47. The van der Waals surface area contributed by atoms with Gasteiger partial charge in [0.1, 0.15) is 12.4 Å². The quantitative estimate of drug-likeness (QED) is 0.856. The maximum absolute atomic E-state index is 12.4. The van der Waals surface area contributed by atoms with Crippen molar-refractivity contribution in [1.29, 1.82) is 0 Å². The third-order valence-corrected chi connectivity index (χ3v) is 4.17. The van der Waals surface area contributed by atoms with Crippen LogP contribution >= 0.6 is 0 Å². The summed E-state index contributed by atoms with van der Waals surface area (Å²) in [5.41, 5.74) is 1.13. The minimum Gasteiger partial charge on any atom is -0.492 e. The van der Waals surface area contributed by atoms with Crippen molar-refractivity contribution >= 4 is 5.91 Å². The highest BCUT2D eigenvalue weighted by molar-refractivity contribution is 5.80. The van der Waals surface area contributed by atoms with E-state index in [1.807, 2.05) is 24.3 Å². The van der Waals surface area contributed by atoms with E-state index in [0.29, 0.717) is 12.5 Å². The summed E-state index contributed by atoms with van der Waals surface area (Å²) in [7, 11) is 0. The normalized spacial score (nSPS) is 29.1. The molecule has 1 fully saturated rings. The number of para-hydroxylation sites is 1. The van der Waals surface area contributed by atoms with E-state index >= 15 is 0 Å². The lowest BCUT2D eigenvalue weighted by Crippen LogP contribution is -2.51. The van der Waals surface area contributed by atoms with Crippen LogP contribution in [-0.2, 0) is 11.2 Å². The molecule has 0 spiro atoms. The van der Waals surface area contributed by atoms with Crippen molar-refractivity contribution in [2.75, 3.05) is 19.7 Å². The van der Waals surface area contributed by atoms with Crippen LogP contribution in [0.25, 0.3) is 0 Å². The molecule has 108 valence electrons. The second kappa shape index (κ2) is 5.83. The van der Waals surface area contributed by atoms with E-state index in [0.717, 1.165) is 37.2 Å². The molecule has 0 aliphatic carbocycles. The van der Waals surface area contributed by atoms with Crippen molar-refractivity contribution in [1.82, 2.24) is 10.6 Å². The lowest BCUT2D eigenvalue weighted by Gasteiger charge is -2.31. The average molecular weight is 274 g/mol. The van der Waals surface area contributed by atoms with Gasteiger partial charge in [0.15, 0.2) is 0 Å². The number of fused-ring (bicyclic) bond motifs is 1. The molecule has 0 radical (unpaired) electrons. The first kappa shape index (κ1) is 13.4. The van der Waals surface area contributed by atoms with Gasteiger partial charge in [-0.2, -0.15) is 0 Å². The van der Waals surface area contributed by atoms with E-state index in [9.17, 15) is 4.79 Å². The third kappa shape index (κ3) is 2.96. The van der Waals surface area contributed by atoms with Crippen LogP contribution in [0.15, 0.2) is 24.3 Å². The van der Waals surface area contributed by atoms with Gasteiger partial charge in [0.05, 0.1) is 5.92 Å². The zero-order valence-corrected chi connectivity index (χ0v) is 11.9. The predicted octanol–water partition coefficient (Wildman–Crippen LogP) is 1.35. The van der Waals surface area contributed by atoms with Crippen molar-refractivity contribution in [3.05, 3.63) is 29.8 Å². The maximum atomic E-state index is 12.4. The Morgan fingerprint density at radius 2 is 2.20 bits per heavy atom. The molecule has 2 N–H and O–H groups in total. The Kier molecular flexibility index (Phi) is 3.92. The highest BCUT2D eigenvalue weighted by Crippen LogP contribution is 2.27. The number of hydrogen-bond donors (Lipinski definition) is 2. The van der Waals surface area contributed by atoms with Crippen LogP contribution in [0, 0.1) is 11.8 Å². The minimum absolute atomic E-state index is 0.0675. The van der Waals surface area contributed by atoms with Crippen molar-refractivity contribution in [3.63, 3.8) is 0 Å². The van der Waals surface area contributed by atoms with Gasteiger partial charge >= 0.3 is 0 Å². The maximum Gasteiger partial charge on any atom is 0.227 e. The number of rotatable bonds is 2. The van der Waals surface area contributed by atoms with Gasteiger partial charge in [-0.15, -0.1) is 0 Å². The Labute approximate surface area is 119 Å². The molecule has 2 aliphatic heterocycles. The summed E-state index contributed by atoms with van der Waals surface area (Å²) < 4.78 is 5.69. The van der Waals surface area contributed by atoms with E-state index in [-0.39, 0.29) is 17.9 Å². The molecule has 4 heteroatoms. The lowest BCUT2D eigenvalue weighted by molar-refractivity contribution is -0.127. The zero-order valence-electron chi connectivity index (χ0n) is 11.9. The van der Waals surface area contributed by atoms with Gasteiger partial charge in [-0.25, -0.2) is 0 Å². The predicted molar refractivity (Wildman–Crippen MR) is 77.7 cm³/mol. The first-order valence-electron chi connectivity index (χ1n) is 7.44. The molecular weight excluding hydrogens is 252 g/mol. The van der Waals surface area contributed by atoms with Crippen molar-refractivity contribution in [2.24, 2.45) is 11.8 Å². The van der Waals surface area contributed by atoms with Gasteiger partial charge in [-0.05, 0) is 36.9 Å². The van der Waals surface area contributed by atoms with Gasteiger partial charge in [0.25, 0.3) is 0 Å². The summed E-state index contributed by atoms with van der Waals surface area (Å²) in [5, 5.41) is 6.53. The van der Waals surface area contributed by atoms with Crippen LogP contribution in [0.5, 0.6) is 5.75 Å². The monoisotopic (exact) mass is 274 g/mol. The van der Waals surface area contributed by atoms with E-state index in [1.54, 1.807) is 0 Å². The Balaban J connectivity index is 1.59. The topological polar surface area (TPSA) is 50.4 Å². The Hall–Kier alpha value is -1.55. The first-order chi connectivity index (χ1) is 9.72. The van der Waals surface area contributed by atoms with Gasteiger partial charge in [-0.1, -0.05) is 25.1 Å². The molecule has 4 nitrogen and oxygen atoms in total. The van der Waals surface area contributed by atoms with Crippen LogP contribution in [0.4, 0.5) is 0 Å². The van der Waals surface area contributed by atoms with E-state index in [2.05, 4.69) is 17.6 Å². The van der Waals surface area contributed by atoms with Crippen LogP contribution < -0.4 is 15.4 Å². The second-order valence-corrected chi connectivity index (χ2v) is 6.02. The fraction of sp³-hybridized carbons (Fsp3) is 0.562. The fourth-order valence-electron chi connectivity index (χ4n) is 3.08. The summed E-state index contributed by atoms with van der Waals surface area (Å²) in [6, 6.07) is 8.22. The number of nitrogens with one attached hydrogen (secondary N) is 2. The van der Waals surface area contributed by atoms with Crippen LogP contribution in [0.2, 0.25) is 0 Å². The Morgan fingerprint density at radius 3 is 3.05 bits per heavy atom. The van der Waals surface area contributed by atoms with E-state index < -0.39 is 0 Å². The number of carbonyl (C=O) groups excluding carboxylic acids is 1. The highest BCUT2D eigenvalue weighted by atomic mass is 16.5. The molecule has 3 atom stereocenters. The fourth-order valence-corrected chi connectivity index (χ4v) is 3.08. The van der Waals surface area contributed by atoms with Gasteiger partial charge < -0.3 is 15.4 Å². The van der Waals surface area contributed by atoms with Crippen molar-refractivity contribution in [3.8, 4) is 5.75 Å². The number of carbonyl (C=O) groups is 1. The summed E-state index contributed by atoms with van der Waals surface area (Å²) in [5.74, 6) is 1.60. The Bertz CT molecular complexity index is 489. The highest BCUT2D eigenvalue weighted by Gasteiger charge is 2.28. The van der Waals surface area contributed by atoms with Crippen molar-refractivity contribution in [2.45, 2.75) is 25.8 Å². The second-order valence-electron chi connectivity index (χ2n) is 6.02. The molecule has 0 bridgehead atoms. The van der Waals surface area contributed by atoms with Crippen LogP contribution in [0.3, 0.4) is 0 Å². The standard InChI is InChI=1S/C16H22N2O2/c1-11-6-14(9-17-8-11)18-16(19)13-7-12-4-2-3-5-15(12)20-10-13/h2-5,11,13-14,17H,6-10H2,1H3,(H,18,19). The zero-order chi connectivity index (χ0) is 13.9.